The Balaban J connectivity index is 2.01. The number of nitrogens with one attached hydrogen (secondary N) is 1. The van der Waals surface area contributed by atoms with Gasteiger partial charge in [-0.05, 0) is 55.8 Å². The lowest BCUT2D eigenvalue weighted by Crippen LogP contribution is -2.26. The molecule has 1 aliphatic rings. The van der Waals surface area contributed by atoms with Crippen LogP contribution in [0, 0.1) is 6.92 Å². The molecule has 2 heterocycles. The smallest absolute Gasteiger partial charge is 0.0374 e. The Morgan fingerprint density at radius 3 is 2.81 bits per heavy atom. The molecule has 1 aromatic heterocycles. The second-order valence-corrected chi connectivity index (χ2v) is 5.75. The van der Waals surface area contributed by atoms with Crippen LogP contribution in [-0.2, 0) is 0 Å². The van der Waals surface area contributed by atoms with Crippen LogP contribution in [0.3, 0.4) is 0 Å². The summed E-state index contributed by atoms with van der Waals surface area (Å²) in [4.78, 5) is 1.59. The van der Waals surface area contributed by atoms with E-state index in [1.165, 1.54) is 41.6 Å². The van der Waals surface area contributed by atoms with Crippen LogP contribution in [0.1, 0.15) is 29.2 Å². The molecule has 0 amide bonds. The Labute approximate surface area is 100 Å². The van der Waals surface area contributed by atoms with E-state index in [2.05, 4.69) is 36.5 Å². The predicted octanol–water partition coefficient (Wildman–Crippen LogP) is 3.68. The van der Waals surface area contributed by atoms with Crippen LogP contribution < -0.4 is 5.32 Å². The molecule has 84 valence electrons. The Morgan fingerprint density at radius 2 is 2.06 bits per heavy atom. The molecule has 16 heavy (non-hydrogen) atoms. The second kappa shape index (κ2) is 4.19. The van der Waals surface area contributed by atoms with E-state index in [0.717, 1.165) is 5.92 Å². The molecule has 1 saturated heterocycles. The van der Waals surface area contributed by atoms with Gasteiger partial charge in [0.15, 0.2) is 0 Å². The van der Waals surface area contributed by atoms with Gasteiger partial charge >= 0.3 is 0 Å². The van der Waals surface area contributed by atoms with E-state index in [0.29, 0.717) is 0 Å². The second-order valence-electron chi connectivity index (χ2n) is 4.67. The molecule has 0 radical (unpaired) electrons. The number of hydrogen-bond acceptors (Lipinski definition) is 2. The molecule has 0 saturated carbocycles. The van der Waals surface area contributed by atoms with Crippen molar-refractivity contribution in [3.8, 4) is 0 Å². The highest BCUT2D eigenvalue weighted by molar-refractivity contribution is 7.19. The Kier molecular flexibility index (Phi) is 2.70. The highest BCUT2D eigenvalue weighted by Gasteiger charge is 2.17. The van der Waals surface area contributed by atoms with Gasteiger partial charge in [0.25, 0.3) is 0 Å². The van der Waals surface area contributed by atoms with Crippen LogP contribution in [0.15, 0.2) is 24.3 Å². The van der Waals surface area contributed by atoms with Gasteiger partial charge in [0, 0.05) is 9.58 Å². The lowest BCUT2D eigenvalue weighted by Gasteiger charge is -2.21. The van der Waals surface area contributed by atoms with Gasteiger partial charge in [0.2, 0.25) is 0 Å². The van der Waals surface area contributed by atoms with Gasteiger partial charge in [-0.15, -0.1) is 11.3 Å². The molecule has 1 nitrogen and oxygen atoms in total. The fourth-order valence-corrected chi connectivity index (χ4v) is 3.83. The van der Waals surface area contributed by atoms with Crippen LogP contribution in [0.2, 0.25) is 0 Å². The predicted molar refractivity (Wildman–Crippen MR) is 71.4 cm³/mol. The van der Waals surface area contributed by atoms with Crippen LogP contribution in [0.5, 0.6) is 0 Å². The van der Waals surface area contributed by atoms with Crippen molar-refractivity contribution in [2.75, 3.05) is 13.1 Å². The minimum Gasteiger partial charge on any atom is -0.317 e. The van der Waals surface area contributed by atoms with E-state index in [1.807, 2.05) is 11.3 Å². The van der Waals surface area contributed by atoms with Crippen LogP contribution in [0.4, 0.5) is 0 Å². The van der Waals surface area contributed by atoms with Crippen LogP contribution in [-0.4, -0.2) is 13.1 Å². The molecule has 2 heteroatoms. The first-order valence-electron chi connectivity index (χ1n) is 6.04. The van der Waals surface area contributed by atoms with E-state index in [4.69, 9.17) is 0 Å². The van der Waals surface area contributed by atoms with Gasteiger partial charge < -0.3 is 5.32 Å². The summed E-state index contributed by atoms with van der Waals surface area (Å²) in [6, 6.07) is 9.02. The summed E-state index contributed by atoms with van der Waals surface area (Å²) >= 11 is 2.00. The number of fused-ring (bicyclic) bond motifs is 1. The first kappa shape index (κ1) is 10.3. The van der Waals surface area contributed by atoms with Crippen molar-refractivity contribution < 1.29 is 0 Å². The molecule has 0 bridgehead atoms. The fraction of sp³-hybridized carbons (Fsp3) is 0.429. The number of hydrogen-bond donors (Lipinski definition) is 1. The third-order valence-electron chi connectivity index (χ3n) is 3.50. The highest BCUT2D eigenvalue weighted by Crippen LogP contribution is 2.36. The van der Waals surface area contributed by atoms with Crippen molar-refractivity contribution in [2.45, 2.75) is 25.7 Å². The Morgan fingerprint density at radius 1 is 1.25 bits per heavy atom. The Hall–Kier alpha value is -0.860. The monoisotopic (exact) mass is 231 g/mol. The molecule has 0 atom stereocenters. The molecule has 3 rings (SSSR count). The maximum absolute atomic E-state index is 3.43. The van der Waals surface area contributed by atoms with E-state index in [-0.39, 0.29) is 0 Å². The molecular formula is C14H17NS. The largest absolute Gasteiger partial charge is 0.317 e. The molecule has 1 fully saturated rings. The molecule has 1 aromatic carbocycles. The van der Waals surface area contributed by atoms with Gasteiger partial charge in [-0.3, -0.25) is 0 Å². The van der Waals surface area contributed by atoms with Gasteiger partial charge in [-0.2, -0.15) is 0 Å². The molecule has 1 aliphatic heterocycles. The number of benzene rings is 1. The zero-order chi connectivity index (χ0) is 11.0. The zero-order valence-electron chi connectivity index (χ0n) is 9.62. The van der Waals surface area contributed by atoms with Gasteiger partial charge in [0.05, 0.1) is 0 Å². The summed E-state index contributed by atoms with van der Waals surface area (Å²) in [5.41, 5.74) is 1.42. The summed E-state index contributed by atoms with van der Waals surface area (Å²) in [6.07, 6.45) is 2.59. The molecular weight excluding hydrogens is 214 g/mol. The standard InChI is InChI=1S/C14H17NS/c1-10-3-2-4-12-9-13(16-14(10)12)11-5-7-15-8-6-11/h2-4,9,11,15H,5-8H2,1H3. The summed E-state index contributed by atoms with van der Waals surface area (Å²) in [6.45, 7) is 4.57. The highest BCUT2D eigenvalue weighted by atomic mass is 32.1. The van der Waals surface area contributed by atoms with Gasteiger partial charge in [-0.1, -0.05) is 18.2 Å². The van der Waals surface area contributed by atoms with Crippen molar-refractivity contribution in [1.82, 2.24) is 5.32 Å². The Bertz CT molecular complexity index is 494. The lowest BCUT2D eigenvalue weighted by atomic mass is 9.96. The van der Waals surface area contributed by atoms with Crippen molar-refractivity contribution >= 4 is 21.4 Å². The van der Waals surface area contributed by atoms with Gasteiger partial charge in [-0.25, -0.2) is 0 Å². The third kappa shape index (κ3) is 1.76. The molecule has 1 N–H and O–H groups in total. The van der Waals surface area contributed by atoms with Crippen LogP contribution >= 0.6 is 11.3 Å². The lowest BCUT2D eigenvalue weighted by molar-refractivity contribution is 0.465. The van der Waals surface area contributed by atoms with Crippen molar-refractivity contribution in [2.24, 2.45) is 0 Å². The van der Waals surface area contributed by atoms with Crippen molar-refractivity contribution in [1.29, 1.82) is 0 Å². The SMILES string of the molecule is Cc1cccc2cc(C3CCNCC3)sc12. The quantitative estimate of drug-likeness (QED) is 0.789. The normalized spacial score (nSPS) is 18.1. The summed E-state index contributed by atoms with van der Waals surface area (Å²) < 4.78 is 1.48. The number of aryl methyl sites for hydroxylation is 1. The minimum atomic E-state index is 0.790. The number of thiophene rings is 1. The topological polar surface area (TPSA) is 12.0 Å². The van der Waals surface area contributed by atoms with E-state index in [1.54, 1.807) is 4.88 Å². The van der Waals surface area contributed by atoms with Crippen molar-refractivity contribution in [3.63, 3.8) is 0 Å². The number of rotatable bonds is 1. The fourth-order valence-electron chi connectivity index (χ4n) is 2.54. The zero-order valence-corrected chi connectivity index (χ0v) is 10.4. The summed E-state index contributed by atoms with van der Waals surface area (Å²) in [5, 5.41) is 4.86. The van der Waals surface area contributed by atoms with Crippen LogP contribution in [0.25, 0.3) is 10.1 Å². The maximum atomic E-state index is 3.43. The third-order valence-corrected chi connectivity index (χ3v) is 4.95. The van der Waals surface area contributed by atoms with Crippen molar-refractivity contribution in [3.05, 3.63) is 34.7 Å². The summed E-state index contributed by atoms with van der Waals surface area (Å²) in [7, 11) is 0. The average Bonchev–Trinajstić information content (AvgIpc) is 2.76. The molecule has 2 aromatic rings. The van der Waals surface area contributed by atoms with E-state index in [9.17, 15) is 0 Å². The van der Waals surface area contributed by atoms with Gasteiger partial charge in [0.1, 0.15) is 0 Å². The van der Waals surface area contributed by atoms with E-state index >= 15 is 0 Å². The first-order chi connectivity index (χ1) is 7.84. The molecule has 0 spiro atoms. The maximum Gasteiger partial charge on any atom is 0.0374 e. The number of piperidine rings is 1. The van der Waals surface area contributed by atoms with E-state index < -0.39 is 0 Å². The molecule has 0 aliphatic carbocycles. The average molecular weight is 231 g/mol. The molecule has 0 unspecified atom stereocenters. The first-order valence-corrected chi connectivity index (χ1v) is 6.86. The summed E-state index contributed by atoms with van der Waals surface area (Å²) in [5.74, 6) is 0.790. The minimum absolute atomic E-state index is 0.790.